The monoisotopic (exact) mass is 560 g/mol. The van der Waals surface area contributed by atoms with E-state index in [2.05, 4.69) is 0 Å². The van der Waals surface area contributed by atoms with Crippen LogP contribution in [0, 0.1) is 40.4 Å². The Morgan fingerprint density at radius 1 is 1.13 bits per heavy atom. The molecular weight excluding hydrogens is 517 g/mol. The fourth-order valence-corrected chi connectivity index (χ4v) is 8.96. The van der Waals surface area contributed by atoms with Gasteiger partial charge >= 0.3 is 6.18 Å². The first-order valence-electron chi connectivity index (χ1n) is 14.1. The van der Waals surface area contributed by atoms with Crippen molar-refractivity contribution in [2.24, 2.45) is 40.4 Å². The lowest BCUT2D eigenvalue weighted by Gasteiger charge is -2.62. The summed E-state index contributed by atoms with van der Waals surface area (Å²) >= 11 is 0. The number of allylic oxidation sites excluding steroid dienone is 1. The molecule has 0 aromatic carbocycles. The van der Waals surface area contributed by atoms with Crippen molar-refractivity contribution in [1.82, 2.24) is 0 Å². The van der Waals surface area contributed by atoms with Crippen LogP contribution in [0.2, 0.25) is 0 Å². The van der Waals surface area contributed by atoms with Crippen LogP contribution in [0.5, 0.6) is 0 Å². The van der Waals surface area contributed by atoms with Gasteiger partial charge in [0.25, 0.3) is 0 Å². The van der Waals surface area contributed by atoms with Gasteiger partial charge in [-0.3, -0.25) is 9.59 Å². The van der Waals surface area contributed by atoms with E-state index < -0.39 is 75.8 Å². The lowest BCUT2D eigenvalue weighted by Crippen LogP contribution is -2.66. The summed E-state index contributed by atoms with van der Waals surface area (Å²) in [4.78, 5) is 26.2. The molecule has 3 fully saturated rings. The molecule has 0 radical (unpaired) electrons. The summed E-state index contributed by atoms with van der Waals surface area (Å²) in [6.07, 6.45) is -6.40. The van der Waals surface area contributed by atoms with Crippen LogP contribution in [-0.2, 0) is 9.59 Å². The number of halogens is 3. The fraction of sp³-hybridized carbons (Fsp3) is 0.862. The van der Waals surface area contributed by atoms with E-state index in [1.54, 1.807) is 13.8 Å². The lowest BCUT2D eigenvalue weighted by atomic mass is 9.43. The summed E-state index contributed by atoms with van der Waals surface area (Å²) in [5, 5.41) is 54.5. The Labute approximate surface area is 227 Å². The van der Waals surface area contributed by atoms with Crippen molar-refractivity contribution in [3.8, 4) is 0 Å². The van der Waals surface area contributed by atoms with Crippen LogP contribution in [0.3, 0.4) is 0 Å². The second-order valence-corrected chi connectivity index (χ2v) is 13.8. The molecule has 4 aliphatic carbocycles. The number of ketones is 2. The maximum atomic E-state index is 13.8. The standard InChI is InChI=1S/C29H43F3O7/c1-14(19(33)8-9-25(2,3)38)15-7-11-28(39)17-12-20(34)18-13-21(35)23(36)22(24(37)29(30,31)32)27(18,5)16(17)6-10-26(15,28)4/h12,14-16,18-19,21-23,33,35-36,38-39H,6-11,13H2,1-5H3/t14?,15-,16?,18+,19-,21-,22?,23-,26-,27-,28-/m1/s1. The smallest absolute Gasteiger partial charge is 0.393 e. The SMILES string of the molecule is CC([C@H](O)CCC(C)(C)O)[C@H]1CC[C@@]2(O)C3=CC(=O)[C@@H]4C[C@@H](O)[C@@H](O)C(C(=O)C(F)(F)F)[C@]4(C)C3CC[C@]12C. The summed E-state index contributed by atoms with van der Waals surface area (Å²) in [6, 6.07) is 0. The molecule has 4 aliphatic rings. The Morgan fingerprint density at radius 2 is 1.74 bits per heavy atom. The van der Waals surface area contributed by atoms with Gasteiger partial charge in [0.05, 0.1) is 35.4 Å². The minimum atomic E-state index is -5.27. The molecule has 3 saturated carbocycles. The van der Waals surface area contributed by atoms with E-state index in [0.29, 0.717) is 37.7 Å². The third-order valence-electron chi connectivity index (χ3n) is 11.3. The minimum Gasteiger partial charge on any atom is -0.393 e. The number of aliphatic hydroxyl groups excluding tert-OH is 3. The Kier molecular flexibility index (Phi) is 7.55. The van der Waals surface area contributed by atoms with Gasteiger partial charge in [-0.1, -0.05) is 20.8 Å². The first kappa shape index (κ1) is 30.6. The summed E-state index contributed by atoms with van der Waals surface area (Å²) < 4.78 is 41.3. The van der Waals surface area contributed by atoms with Crippen LogP contribution < -0.4 is 0 Å². The van der Waals surface area contributed by atoms with Crippen molar-refractivity contribution in [3.63, 3.8) is 0 Å². The topological polar surface area (TPSA) is 135 Å². The zero-order valence-corrected chi connectivity index (χ0v) is 23.3. The van der Waals surface area contributed by atoms with Crippen LogP contribution in [0.25, 0.3) is 0 Å². The largest absolute Gasteiger partial charge is 0.450 e. The Bertz CT molecular complexity index is 1030. The minimum absolute atomic E-state index is 0.159. The average molecular weight is 561 g/mol. The van der Waals surface area contributed by atoms with Gasteiger partial charge < -0.3 is 25.5 Å². The quantitative estimate of drug-likeness (QED) is 0.337. The number of rotatable bonds is 6. The number of carbonyl (C=O) groups is 2. The summed E-state index contributed by atoms with van der Waals surface area (Å²) in [5.74, 6) is -7.04. The van der Waals surface area contributed by atoms with Gasteiger partial charge in [0.15, 0.2) is 5.78 Å². The Hall–Kier alpha value is -1.33. The molecular formula is C29H43F3O7. The molecule has 0 saturated heterocycles. The molecule has 39 heavy (non-hydrogen) atoms. The van der Waals surface area contributed by atoms with Crippen LogP contribution >= 0.6 is 0 Å². The zero-order chi connectivity index (χ0) is 29.5. The van der Waals surface area contributed by atoms with Gasteiger partial charge in [-0.25, -0.2) is 0 Å². The molecule has 4 rings (SSSR count). The van der Waals surface area contributed by atoms with E-state index in [4.69, 9.17) is 0 Å². The summed E-state index contributed by atoms with van der Waals surface area (Å²) in [5.41, 5.74) is -4.60. The summed E-state index contributed by atoms with van der Waals surface area (Å²) in [7, 11) is 0. The third-order valence-corrected chi connectivity index (χ3v) is 11.3. The first-order chi connectivity index (χ1) is 17.7. The van der Waals surface area contributed by atoms with Crippen molar-refractivity contribution in [3.05, 3.63) is 11.6 Å². The molecule has 0 aliphatic heterocycles. The highest BCUT2D eigenvalue weighted by atomic mass is 19.4. The molecule has 222 valence electrons. The van der Waals surface area contributed by atoms with E-state index in [0.717, 1.165) is 0 Å². The van der Waals surface area contributed by atoms with Gasteiger partial charge in [-0.05, 0) is 93.6 Å². The molecule has 0 amide bonds. The van der Waals surface area contributed by atoms with E-state index >= 15 is 0 Å². The molecule has 7 nitrogen and oxygen atoms in total. The van der Waals surface area contributed by atoms with E-state index in [-0.39, 0.29) is 24.7 Å². The van der Waals surface area contributed by atoms with Crippen LogP contribution in [0.1, 0.15) is 79.6 Å². The predicted molar refractivity (Wildman–Crippen MR) is 135 cm³/mol. The molecule has 11 atom stereocenters. The number of aliphatic hydroxyl groups is 5. The zero-order valence-electron chi connectivity index (χ0n) is 23.3. The highest BCUT2D eigenvalue weighted by molar-refractivity contribution is 5.97. The average Bonchev–Trinajstić information content (AvgIpc) is 3.09. The normalized spacial score (nSPS) is 44.1. The molecule has 0 bridgehead atoms. The molecule has 0 heterocycles. The number of Topliss-reactive ketones (excluding diaryl/α,β-unsaturated/α-hetero) is 1. The van der Waals surface area contributed by atoms with Gasteiger partial charge in [-0.15, -0.1) is 0 Å². The lowest BCUT2D eigenvalue weighted by molar-refractivity contribution is -0.209. The van der Waals surface area contributed by atoms with Crippen molar-refractivity contribution in [1.29, 1.82) is 0 Å². The van der Waals surface area contributed by atoms with Crippen LogP contribution in [0.4, 0.5) is 13.2 Å². The van der Waals surface area contributed by atoms with Crippen LogP contribution in [0.15, 0.2) is 11.6 Å². The van der Waals surface area contributed by atoms with E-state index in [9.17, 15) is 48.3 Å². The van der Waals surface area contributed by atoms with E-state index in [1.807, 2.05) is 13.8 Å². The summed E-state index contributed by atoms with van der Waals surface area (Å²) in [6.45, 7) is 8.56. The third kappa shape index (κ3) is 4.62. The maximum absolute atomic E-state index is 13.8. The molecule has 10 heteroatoms. The molecule has 3 unspecified atom stereocenters. The van der Waals surface area contributed by atoms with Crippen molar-refractivity contribution >= 4 is 11.6 Å². The first-order valence-corrected chi connectivity index (χ1v) is 14.1. The number of carbonyl (C=O) groups excluding carboxylic acids is 2. The van der Waals surface area contributed by atoms with Crippen LogP contribution in [-0.4, -0.2) is 72.8 Å². The van der Waals surface area contributed by atoms with E-state index in [1.165, 1.54) is 13.0 Å². The van der Waals surface area contributed by atoms with Crippen molar-refractivity contribution in [2.45, 2.75) is 115 Å². The second-order valence-electron chi connectivity index (χ2n) is 13.8. The van der Waals surface area contributed by atoms with Crippen molar-refractivity contribution in [2.75, 3.05) is 0 Å². The number of hydrogen-bond donors (Lipinski definition) is 5. The highest BCUT2D eigenvalue weighted by Gasteiger charge is 2.71. The van der Waals surface area contributed by atoms with Crippen molar-refractivity contribution < 1.29 is 48.3 Å². The van der Waals surface area contributed by atoms with Gasteiger partial charge in [0, 0.05) is 11.3 Å². The molecule has 0 aromatic heterocycles. The highest BCUT2D eigenvalue weighted by Crippen LogP contribution is 2.69. The molecule has 0 aromatic rings. The van der Waals surface area contributed by atoms with Gasteiger partial charge in [0.1, 0.15) is 0 Å². The molecule has 0 spiro atoms. The number of fused-ring (bicyclic) bond motifs is 5. The van der Waals surface area contributed by atoms with Gasteiger partial charge in [-0.2, -0.15) is 13.2 Å². The second kappa shape index (κ2) is 9.61. The number of hydrogen-bond acceptors (Lipinski definition) is 7. The Balaban J connectivity index is 1.73. The molecule has 5 N–H and O–H groups in total. The maximum Gasteiger partial charge on any atom is 0.450 e. The predicted octanol–water partition coefficient (Wildman–Crippen LogP) is 3.10. The fourth-order valence-electron chi connectivity index (χ4n) is 8.96. The Morgan fingerprint density at radius 3 is 2.31 bits per heavy atom. The number of alkyl halides is 3. The van der Waals surface area contributed by atoms with Gasteiger partial charge in [0.2, 0.25) is 5.78 Å².